The Morgan fingerprint density at radius 3 is 2.12 bits per heavy atom. The zero-order valence-electron chi connectivity index (χ0n) is 35.0. The number of ether oxygens (including phenoxy) is 5. The standard InChI is InChI=1S/C41H74O9Si2/c1-27-21-31(18-19-34-28(2)22-30(47-34)17-16-20-42)48-35(29(27)3)25-36-33(24-38(43)44-10)39(45-11)37(49-36)23-32(50-52(14,15)41(7,8)9)26-46-51(12,13)40(4,5)6/h20,27,30-37,39H,2-3,16-19,21-26H2,1,4-15H3/t27-,30+,31?,32+,33+,34?,35?,36?,37-,39-/m1/s1. The van der Waals surface area contributed by atoms with E-state index >= 15 is 0 Å². The molecular formula is C41H74O9Si2. The van der Waals surface area contributed by atoms with Gasteiger partial charge >= 0.3 is 5.97 Å². The molecule has 3 aliphatic heterocycles. The lowest BCUT2D eigenvalue weighted by molar-refractivity contribution is -0.143. The summed E-state index contributed by atoms with van der Waals surface area (Å²) in [7, 11) is -1.08. The van der Waals surface area contributed by atoms with E-state index in [9.17, 15) is 9.59 Å². The normalized spacial score (nSPS) is 31.2. The summed E-state index contributed by atoms with van der Waals surface area (Å²) >= 11 is 0. The van der Waals surface area contributed by atoms with Crippen LogP contribution >= 0.6 is 0 Å². The molecule has 0 aliphatic carbocycles. The van der Waals surface area contributed by atoms with Crippen molar-refractivity contribution in [2.45, 2.75) is 191 Å². The second kappa shape index (κ2) is 18.6. The number of hydrogen-bond acceptors (Lipinski definition) is 9. The van der Waals surface area contributed by atoms with Crippen molar-refractivity contribution < 1.29 is 42.1 Å². The average Bonchev–Trinajstić information content (AvgIpc) is 3.56. The zero-order chi connectivity index (χ0) is 39.2. The van der Waals surface area contributed by atoms with E-state index in [1.54, 1.807) is 7.11 Å². The van der Waals surface area contributed by atoms with Crippen LogP contribution in [0.25, 0.3) is 0 Å². The summed E-state index contributed by atoms with van der Waals surface area (Å²) < 4.78 is 45.2. The third-order valence-corrected chi connectivity index (χ3v) is 21.9. The van der Waals surface area contributed by atoms with Crippen molar-refractivity contribution in [1.29, 1.82) is 0 Å². The Kier molecular flexibility index (Phi) is 16.2. The number of aldehydes is 1. The van der Waals surface area contributed by atoms with Gasteiger partial charge in [-0.2, -0.15) is 0 Å². The third kappa shape index (κ3) is 11.9. The molecule has 0 spiro atoms. The Morgan fingerprint density at radius 2 is 1.54 bits per heavy atom. The van der Waals surface area contributed by atoms with Gasteiger partial charge < -0.3 is 37.3 Å². The van der Waals surface area contributed by atoms with E-state index in [1.165, 1.54) is 7.11 Å². The molecule has 3 heterocycles. The second-order valence-electron chi connectivity index (χ2n) is 18.8. The predicted octanol–water partition coefficient (Wildman–Crippen LogP) is 8.96. The molecule has 3 fully saturated rings. The molecule has 300 valence electrons. The first-order valence-electron chi connectivity index (χ1n) is 19.7. The third-order valence-electron chi connectivity index (χ3n) is 12.8. The number of rotatable bonds is 18. The highest BCUT2D eigenvalue weighted by atomic mass is 28.4. The first kappa shape index (κ1) is 45.2. The van der Waals surface area contributed by atoms with Gasteiger partial charge in [-0.05, 0) is 85.4 Å². The summed E-state index contributed by atoms with van der Waals surface area (Å²) in [5, 5.41) is 0.0929. The molecule has 0 N–H and O–H groups in total. The highest BCUT2D eigenvalue weighted by Crippen LogP contribution is 2.44. The van der Waals surface area contributed by atoms with Crippen LogP contribution in [-0.2, 0) is 42.1 Å². The highest BCUT2D eigenvalue weighted by Gasteiger charge is 2.50. The van der Waals surface area contributed by atoms with E-state index < -0.39 is 16.6 Å². The smallest absolute Gasteiger partial charge is 0.305 e. The molecule has 0 aromatic rings. The minimum atomic E-state index is -2.17. The van der Waals surface area contributed by atoms with Crippen LogP contribution in [-0.4, -0.2) is 98.5 Å². The van der Waals surface area contributed by atoms with Crippen molar-refractivity contribution in [2.75, 3.05) is 20.8 Å². The van der Waals surface area contributed by atoms with Gasteiger partial charge in [0.1, 0.15) is 6.29 Å². The lowest BCUT2D eigenvalue weighted by Crippen LogP contribution is -2.49. The van der Waals surface area contributed by atoms with Gasteiger partial charge in [0.15, 0.2) is 16.6 Å². The average molecular weight is 767 g/mol. The summed E-state index contributed by atoms with van der Waals surface area (Å²) in [4.78, 5) is 23.7. The van der Waals surface area contributed by atoms with Crippen molar-refractivity contribution in [3.63, 3.8) is 0 Å². The molecule has 4 unspecified atom stereocenters. The lowest BCUT2D eigenvalue weighted by Gasteiger charge is -2.42. The van der Waals surface area contributed by atoms with Gasteiger partial charge in [0.25, 0.3) is 0 Å². The van der Waals surface area contributed by atoms with E-state index in [2.05, 4.69) is 87.8 Å². The number of hydrogen-bond donors (Lipinski definition) is 0. The number of esters is 1. The molecule has 3 rings (SSSR count). The quantitative estimate of drug-likeness (QED) is 0.0586. The maximum absolute atomic E-state index is 12.8. The van der Waals surface area contributed by atoms with Crippen molar-refractivity contribution in [3.8, 4) is 0 Å². The molecule has 0 aromatic carbocycles. The van der Waals surface area contributed by atoms with Crippen LogP contribution in [0.15, 0.2) is 24.3 Å². The number of carbonyl (C=O) groups excluding carboxylic acids is 2. The van der Waals surface area contributed by atoms with Crippen LogP contribution in [0.2, 0.25) is 36.3 Å². The molecule has 10 atom stereocenters. The van der Waals surface area contributed by atoms with Crippen LogP contribution in [0.5, 0.6) is 0 Å². The summed E-state index contributed by atoms with van der Waals surface area (Å²) in [5.41, 5.74) is 2.17. The lowest BCUT2D eigenvalue weighted by atomic mass is 9.82. The van der Waals surface area contributed by atoms with E-state index in [0.29, 0.717) is 25.9 Å². The van der Waals surface area contributed by atoms with Crippen LogP contribution in [0.1, 0.15) is 106 Å². The number of carbonyl (C=O) groups is 2. The molecule has 3 aliphatic rings. The van der Waals surface area contributed by atoms with E-state index in [1.807, 2.05) is 0 Å². The van der Waals surface area contributed by atoms with Crippen LogP contribution in [0, 0.1) is 11.8 Å². The van der Waals surface area contributed by atoms with E-state index in [0.717, 1.165) is 49.5 Å². The predicted molar refractivity (Wildman–Crippen MR) is 213 cm³/mol. The Morgan fingerprint density at radius 1 is 0.904 bits per heavy atom. The first-order valence-corrected chi connectivity index (χ1v) is 25.5. The van der Waals surface area contributed by atoms with Crippen LogP contribution in [0.4, 0.5) is 0 Å². The molecule has 0 amide bonds. The minimum absolute atomic E-state index is 0.00735. The van der Waals surface area contributed by atoms with E-state index in [4.69, 9.17) is 32.5 Å². The molecule has 0 aromatic heterocycles. The SMILES string of the molecule is C=C1C[C@H](CCC=O)OC1CCC1C[C@@H](C)C(=C)C(CC2O[C@H](C[C@@H](CO[Si](C)(C)C(C)(C)C)O[Si](C)(C)C(C)(C)C)[C@H](OC)[C@H]2CC(=O)OC)O1. The fourth-order valence-electron chi connectivity index (χ4n) is 7.36. The van der Waals surface area contributed by atoms with Gasteiger partial charge in [0.2, 0.25) is 0 Å². The fourth-order valence-corrected chi connectivity index (χ4v) is 9.74. The maximum atomic E-state index is 12.8. The maximum Gasteiger partial charge on any atom is 0.305 e. The molecule has 3 saturated heterocycles. The topological polar surface area (TPSA) is 98.8 Å². The Hall–Kier alpha value is -1.19. The fraction of sp³-hybridized carbons (Fsp3) is 0.854. The largest absolute Gasteiger partial charge is 0.469 e. The summed E-state index contributed by atoms with van der Waals surface area (Å²) in [6.45, 7) is 34.1. The molecular weight excluding hydrogens is 693 g/mol. The van der Waals surface area contributed by atoms with Crippen molar-refractivity contribution in [2.24, 2.45) is 11.8 Å². The van der Waals surface area contributed by atoms with Crippen molar-refractivity contribution >= 4 is 28.9 Å². The Balaban J connectivity index is 1.80. The van der Waals surface area contributed by atoms with Gasteiger partial charge in [-0.3, -0.25) is 4.79 Å². The van der Waals surface area contributed by atoms with Crippen LogP contribution in [0.3, 0.4) is 0 Å². The van der Waals surface area contributed by atoms with Crippen LogP contribution < -0.4 is 0 Å². The van der Waals surface area contributed by atoms with Crippen molar-refractivity contribution in [3.05, 3.63) is 24.3 Å². The second-order valence-corrected chi connectivity index (χ2v) is 28.4. The summed E-state index contributed by atoms with van der Waals surface area (Å²) in [5.74, 6) is -0.224. The van der Waals surface area contributed by atoms with E-state index in [-0.39, 0.29) is 83.1 Å². The highest BCUT2D eigenvalue weighted by molar-refractivity contribution is 6.74. The van der Waals surface area contributed by atoms with Gasteiger partial charge in [-0.15, -0.1) is 0 Å². The Labute approximate surface area is 318 Å². The van der Waals surface area contributed by atoms with Gasteiger partial charge in [0.05, 0.1) is 69.0 Å². The summed E-state index contributed by atoms with van der Waals surface area (Å²) in [6.07, 6.45) is 5.72. The minimum Gasteiger partial charge on any atom is -0.469 e. The first-order chi connectivity index (χ1) is 24.0. The monoisotopic (exact) mass is 766 g/mol. The molecule has 9 nitrogen and oxygen atoms in total. The number of methoxy groups -OCH3 is 2. The van der Waals surface area contributed by atoms with Gasteiger partial charge in [-0.25, -0.2) is 0 Å². The van der Waals surface area contributed by atoms with Crippen molar-refractivity contribution in [1.82, 2.24) is 0 Å². The molecule has 11 heteroatoms. The van der Waals surface area contributed by atoms with Gasteiger partial charge in [0, 0.05) is 32.3 Å². The van der Waals surface area contributed by atoms with Gasteiger partial charge in [-0.1, -0.05) is 61.6 Å². The molecule has 0 bridgehead atoms. The molecule has 0 radical (unpaired) electrons. The Bertz CT molecular complexity index is 1210. The molecule has 0 saturated carbocycles. The zero-order valence-corrected chi connectivity index (χ0v) is 37.0. The molecule has 52 heavy (non-hydrogen) atoms. The summed E-state index contributed by atoms with van der Waals surface area (Å²) in [6, 6.07) is 0.